The van der Waals surface area contributed by atoms with Crippen LogP contribution in [0.4, 0.5) is 0 Å². The highest BCUT2D eigenvalue weighted by molar-refractivity contribution is 8.05. The molecule has 5 rings (SSSR count). The third kappa shape index (κ3) is 6.32. The van der Waals surface area contributed by atoms with Crippen molar-refractivity contribution in [1.29, 1.82) is 0 Å². The number of hydrogen-bond donors (Lipinski definition) is 1. The van der Waals surface area contributed by atoms with Gasteiger partial charge >= 0.3 is 0 Å². The van der Waals surface area contributed by atoms with Crippen molar-refractivity contribution in [2.45, 2.75) is 10.9 Å². The van der Waals surface area contributed by atoms with Gasteiger partial charge in [0.2, 0.25) is 5.78 Å². The summed E-state index contributed by atoms with van der Waals surface area (Å²) in [7, 11) is 0. The normalized spacial score (nSPS) is 13.2. The number of carbonyl (C=O) groups excluding carboxylic acids is 3. The minimum Gasteiger partial charge on any atom is -0.489 e. The van der Waals surface area contributed by atoms with Crippen LogP contribution in [0.3, 0.4) is 0 Å². The topological polar surface area (TPSA) is 94.6 Å². The Morgan fingerprint density at radius 3 is 2.30 bits per heavy atom. The first-order valence-corrected chi connectivity index (χ1v) is 12.9. The van der Waals surface area contributed by atoms with Crippen molar-refractivity contribution >= 4 is 50.8 Å². The highest BCUT2D eigenvalue weighted by atomic mass is 32.2. The summed E-state index contributed by atoms with van der Waals surface area (Å²) in [6.07, 6.45) is 2.36. The Balaban J connectivity index is 1.11. The molecule has 9 heteroatoms. The van der Waals surface area contributed by atoms with Gasteiger partial charge in [0.05, 0.1) is 20.8 Å². The van der Waals surface area contributed by atoms with Gasteiger partial charge in [-0.3, -0.25) is 14.4 Å². The molecule has 0 spiro atoms. The molecule has 1 aliphatic carbocycles. The number of nitrogens with one attached hydrogen (secondary N) is 1. The monoisotopic (exact) mass is 528 g/mol. The van der Waals surface area contributed by atoms with E-state index in [1.807, 2.05) is 54.6 Å². The first-order valence-electron chi connectivity index (χ1n) is 11.3. The number of carbonyl (C=O) groups is 3. The van der Waals surface area contributed by atoms with Crippen LogP contribution >= 0.6 is 23.1 Å². The van der Waals surface area contributed by atoms with Crippen LogP contribution in [0, 0.1) is 0 Å². The maximum Gasteiger partial charge on any atom is 0.262 e. The lowest BCUT2D eigenvalue weighted by Gasteiger charge is -2.13. The third-order valence-electron chi connectivity index (χ3n) is 5.23. The molecule has 3 aromatic carbocycles. The van der Waals surface area contributed by atoms with Crippen LogP contribution in [0.15, 0.2) is 106 Å². The van der Waals surface area contributed by atoms with E-state index in [0.29, 0.717) is 22.4 Å². The van der Waals surface area contributed by atoms with Crippen molar-refractivity contribution in [3.63, 3.8) is 0 Å². The molecular weight excluding hydrogens is 508 g/mol. The Hall–Kier alpha value is -4.21. The van der Waals surface area contributed by atoms with E-state index in [-0.39, 0.29) is 23.0 Å². The van der Waals surface area contributed by atoms with Crippen molar-refractivity contribution in [3.05, 3.63) is 107 Å². The van der Waals surface area contributed by atoms with E-state index in [0.717, 1.165) is 33.6 Å². The number of fused-ring (bicyclic) bond motifs is 1. The number of rotatable bonds is 9. The van der Waals surface area contributed by atoms with Gasteiger partial charge in [0.1, 0.15) is 18.1 Å². The van der Waals surface area contributed by atoms with Gasteiger partial charge in [-0.25, -0.2) is 4.98 Å². The molecular formula is C28H20N2O5S2. The van der Waals surface area contributed by atoms with Gasteiger partial charge in [0.15, 0.2) is 16.7 Å². The number of aromatic nitrogens is 1. The molecule has 1 heterocycles. The summed E-state index contributed by atoms with van der Waals surface area (Å²) >= 11 is 2.58. The molecule has 37 heavy (non-hydrogen) atoms. The number of allylic oxidation sites excluding steroid dienone is 3. The molecule has 0 radical (unpaired) electrons. The summed E-state index contributed by atoms with van der Waals surface area (Å²) in [5.41, 5.74) is 1.81. The van der Waals surface area contributed by atoms with Crippen LogP contribution < -0.4 is 14.8 Å². The van der Waals surface area contributed by atoms with E-state index in [2.05, 4.69) is 10.3 Å². The van der Waals surface area contributed by atoms with Crippen LogP contribution in [0.1, 0.15) is 5.56 Å². The summed E-state index contributed by atoms with van der Waals surface area (Å²) in [6.45, 7) is 0.126. The molecule has 0 aliphatic heterocycles. The Labute approximate surface area is 220 Å². The lowest BCUT2D eigenvalue weighted by molar-refractivity contribution is -0.124. The molecule has 4 aromatic rings. The maximum absolute atomic E-state index is 12.6. The Morgan fingerprint density at radius 1 is 0.838 bits per heavy atom. The van der Waals surface area contributed by atoms with Gasteiger partial charge in [0, 0.05) is 12.2 Å². The molecule has 0 saturated carbocycles. The number of ether oxygens (including phenoxy) is 2. The van der Waals surface area contributed by atoms with E-state index in [1.165, 1.54) is 17.4 Å². The number of benzene rings is 3. The zero-order chi connectivity index (χ0) is 25.6. The maximum atomic E-state index is 12.6. The first-order chi connectivity index (χ1) is 18.0. The number of thioether (sulfide) groups is 1. The Bertz CT molecular complexity index is 1490. The number of amides is 1. The largest absolute Gasteiger partial charge is 0.489 e. The summed E-state index contributed by atoms with van der Waals surface area (Å²) in [6, 6.07) is 24.3. The van der Waals surface area contributed by atoms with Gasteiger partial charge in [-0.1, -0.05) is 54.2 Å². The molecule has 0 fully saturated rings. The number of hydrogen-bond acceptors (Lipinski definition) is 8. The van der Waals surface area contributed by atoms with Gasteiger partial charge in [-0.15, -0.1) is 11.3 Å². The van der Waals surface area contributed by atoms with Crippen LogP contribution in [-0.4, -0.2) is 29.1 Å². The minimum atomic E-state index is -0.549. The highest BCUT2D eigenvalue weighted by Crippen LogP contribution is 2.35. The van der Waals surface area contributed by atoms with E-state index in [1.54, 1.807) is 24.3 Å². The summed E-state index contributed by atoms with van der Waals surface area (Å²) in [4.78, 5) is 42.2. The molecule has 1 aliphatic rings. The Morgan fingerprint density at radius 2 is 1.54 bits per heavy atom. The Kier molecular flexibility index (Phi) is 7.43. The number of nitrogens with zero attached hydrogens (tertiary/aromatic N) is 1. The summed E-state index contributed by atoms with van der Waals surface area (Å²) < 4.78 is 12.9. The second kappa shape index (κ2) is 11.2. The lowest BCUT2D eigenvalue weighted by atomic mass is 10.1. The van der Waals surface area contributed by atoms with Gasteiger partial charge < -0.3 is 14.8 Å². The molecule has 0 bridgehead atoms. The fourth-order valence-electron chi connectivity index (χ4n) is 3.42. The minimum absolute atomic E-state index is 0.0862. The molecule has 1 amide bonds. The van der Waals surface area contributed by atoms with Crippen LogP contribution in [-0.2, 0) is 21.0 Å². The molecule has 0 saturated heterocycles. The van der Waals surface area contributed by atoms with Crippen molar-refractivity contribution in [3.8, 4) is 11.5 Å². The van der Waals surface area contributed by atoms with Crippen molar-refractivity contribution in [1.82, 2.24) is 10.3 Å². The molecule has 7 nitrogen and oxygen atoms in total. The summed E-state index contributed by atoms with van der Waals surface area (Å²) in [5, 5.41) is 2.46. The highest BCUT2D eigenvalue weighted by Gasteiger charge is 2.23. The molecule has 0 atom stereocenters. The number of para-hydroxylation sites is 1. The van der Waals surface area contributed by atoms with Crippen LogP contribution in [0.5, 0.6) is 11.5 Å². The van der Waals surface area contributed by atoms with E-state index in [9.17, 15) is 14.4 Å². The second-order valence-electron chi connectivity index (χ2n) is 7.93. The van der Waals surface area contributed by atoms with Gasteiger partial charge in [-0.2, -0.15) is 0 Å². The van der Waals surface area contributed by atoms with Crippen LogP contribution in [0.2, 0.25) is 0 Å². The van der Waals surface area contributed by atoms with E-state index >= 15 is 0 Å². The fourth-order valence-corrected chi connectivity index (χ4v) is 5.48. The molecule has 1 aromatic heterocycles. The van der Waals surface area contributed by atoms with Crippen molar-refractivity contribution < 1.29 is 23.9 Å². The zero-order valence-electron chi connectivity index (χ0n) is 19.4. The van der Waals surface area contributed by atoms with E-state index in [4.69, 9.17) is 9.47 Å². The number of thiazole rings is 1. The zero-order valence-corrected chi connectivity index (χ0v) is 21.0. The van der Waals surface area contributed by atoms with Gasteiger partial charge in [-0.05, 0) is 42.0 Å². The average Bonchev–Trinajstić information content (AvgIpc) is 3.33. The third-order valence-corrected chi connectivity index (χ3v) is 7.37. The predicted molar refractivity (Wildman–Crippen MR) is 143 cm³/mol. The molecule has 0 unspecified atom stereocenters. The lowest BCUT2D eigenvalue weighted by Crippen LogP contribution is -2.33. The smallest absolute Gasteiger partial charge is 0.262 e. The fraction of sp³-hybridized carbons (Fsp3) is 0.0714. The average molecular weight is 529 g/mol. The van der Waals surface area contributed by atoms with E-state index < -0.39 is 11.7 Å². The van der Waals surface area contributed by atoms with Crippen molar-refractivity contribution in [2.24, 2.45) is 0 Å². The number of ketones is 2. The second-order valence-corrected chi connectivity index (χ2v) is 10.2. The quantitative estimate of drug-likeness (QED) is 0.303. The summed E-state index contributed by atoms with van der Waals surface area (Å²) in [5.74, 6) is -0.241. The molecule has 184 valence electrons. The van der Waals surface area contributed by atoms with Crippen LogP contribution in [0.25, 0.3) is 10.2 Å². The molecule has 1 N–H and O–H groups in total. The van der Waals surface area contributed by atoms with Crippen molar-refractivity contribution in [2.75, 3.05) is 6.61 Å². The predicted octanol–water partition coefficient (Wildman–Crippen LogP) is 5.08. The SMILES string of the molecule is O=C(COc1ccc(OCc2ccccc2)cc1)NC1=CC(=O)C(Sc2nc3ccccc3s2)=CC1=O. The first kappa shape index (κ1) is 24.5. The standard InChI is InChI=1S/C28H20N2O5S2/c31-23-15-26(37-28-30-21-8-4-5-9-25(21)36-28)24(32)14-22(23)29-27(33)17-35-20-12-10-19(11-13-20)34-16-18-6-2-1-3-7-18/h1-15H,16-17H2,(H,29,33). The van der Waals surface area contributed by atoms with Gasteiger partial charge in [0.25, 0.3) is 5.91 Å².